The summed E-state index contributed by atoms with van der Waals surface area (Å²) in [6, 6.07) is 7.09. The van der Waals surface area contributed by atoms with Gasteiger partial charge in [-0.3, -0.25) is 9.59 Å². The van der Waals surface area contributed by atoms with E-state index in [0.717, 1.165) is 21.9 Å². The number of nitrogens with zero attached hydrogens (tertiary/aromatic N) is 1. The highest BCUT2D eigenvalue weighted by molar-refractivity contribution is 7.98. The van der Waals surface area contributed by atoms with E-state index >= 15 is 0 Å². The predicted octanol–water partition coefficient (Wildman–Crippen LogP) is 2.40. The minimum Gasteiger partial charge on any atom is -0.480 e. The Morgan fingerprint density at radius 2 is 2.05 bits per heavy atom. The molecule has 7 heteroatoms. The van der Waals surface area contributed by atoms with Crippen LogP contribution in [0.25, 0.3) is 0 Å². The first-order valence-corrected chi connectivity index (χ1v) is 7.61. The number of carboxylic acid groups (broad SMARTS) is 1. The zero-order valence-electron chi connectivity index (χ0n) is 12.3. The Kier molecular flexibility index (Phi) is 5.21. The van der Waals surface area contributed by atoms with Gasteiger partial charge in [-0.2, -0.15) is 0 Å². The van der Waals surface area contributed by atoms with Crippen molar-refractivity contribution in [3.63, 3.8) is 0 Å². The van der Waals surface area contributed by atoms with Crippen molar-refractivity contribution in [2.75, 3.05) is 6.54 Å². The molecule has 0 aliphatic heterocycles. The first-order chi connectivity index (χ1) is 10.5. The van der Waals surface area contributed by atoms with Crippen molar-refractivity contribution < 1.29 is 19.2 Å². The number of hydrogen-bond acceptors (Lipinski definition) is 5. The molecule has 116 valence electrons. The normalized spacial score (nSPS) is 10.5. The van der Waals surface area contributed by atoms with Crippen LogP contribution in [0.15, 0.2) is 33.7 Å². The molecule has 0 bridgehead atoms. The Labute approximate surface area is 131 Å². The van der Waals surface area contributed by atoms with Crippen LogP contribution < -0.4 is 5.32 Å². The average Bonchev–Trinajstić information content (AvgIpc) is 2.82. The van der Waals surface area contributed by atoms with Crippen molar-refractivity contribution in [1.29, 1.82) is 0 Å². The molecular weight excluding hydrogens is 304 g/mol. The highest BCUT2D eigenvalue weighted by atomic mass is 32.2. The molecule has 1 aromatic heterocycles. The monoisotopic (exact) mass is 320 g/mol. The van der Waals surface area contributed by atoms with Crippen LogP contribution in [-0.4, -0.2) is 28.7 Å². The minimum atomic E-state index is -1.07. The van der Waals surface area contributed by atoms with Crippen molar-refractivity contribution in [3.05, 3.63) is 46.8 Å². The summed E-state index contributed by atoms with van der Waals surface area (Å²) in [7, 11) is 0. The number of aromatic nitrogens is 1. The molecule has 0 fully saturated rings. The van der Waals surface area contributed by atoms with Crippen LogP contribution in [0, 0.1) is 13.8 Å². The maximum absolute atomic E-state index is 12.0. The third kappa shape index (κ3) is 3.88. The smallest absolute Gasteiger partial charge is 0.322 e. The number of carbonyl (C=O) groups is 2. The van der Waals surface area contributed by atoms with E-state index in [9.17, 15) is 9.59 Å². The predicted molar refractivity (Wildman–Crippen MR) is 81.9 cm³/mol. The van der Waals surface area contributed by atoms with Crippen LogP contribution in [-0.2, 0) is 10.5 Å². The molecule has 1 aromatic carbocycles. The number of hydrogen-bond donors (Lipinski definition) is 2. The largest absolute Gasteiger partial charge is 0.480 e. The molecule has 0 aliphatic carbocycles. The Hall–Kier alpha value is -2.28. The SMILES string of the molecule is Cc1noc(C)c1CSc1ccccc1C(=O)NCC(=O)O. The molecule has 2 N–H and O–H groups in total. The molecule has 0 radical (unpaired) electrons. The highest BCUT2D eigenvalue weighted by Gasteiger charge is 2.14. The Morgan fingerprint density at radius 1 is 1.32 bits per heavy atom. The number of benzene rings is 1. The third-order valence-corrected chi connectivity index (χ3v) is 4.19. The maximum Gasteiger partial charge on any atom is 0.322 e. The molecule has 1 heterocycles. The number of thioether (sulfide) groups is 1. The first kappa shape index (κ1) is 16.1. The lowest BCUT2D eigenvalue weighted by Crippen LogP contribution is -2.29. The van der Waals surface area contributed by atoms with Gasteiger partial charge < -0.3 is 14.9 Å². The van der Waals surface area contributed by atoms with Crippen LogP contribution >= 0.6 is 11.8 Å². The fourth-order valence-electron chi connectivity index (χ4n) is 1.89. The standard InChI is InChI=1S/C15H16N2O4S/c1-9-12(10(2)21-17-9)8-22-13-6-4-3-5-11(13)15(20)16-7-14(18)19/h3-6H,7-8H2,1-2H3,(H,16,20)(H,18,19). The second kappa shape index (κ2) is 7.13. The van der Waals surface area contributed by atoms with Gasteiger partial charge in [0.05, 0.1) is 11.3 Å². The van der Waals surface area contributed by atoms with E-state index in [2.05, 4.69) is 10.5 Å². The van der Waals surface area contributed by atoms with Gasteiger partial charge in [-0.15, -0.1) is 11.8 Å². The molecule has 0 unspecified atom stereocenters. The number of amides is 1. The number of rotatable bonds is 6. The van der Waals surface area contributed by atoms with E-state index in [0.29, 0.717) is 11.3 Å². The molecule has 6 nitrogen and oxygen atoms in total. The van der Waals surface area contributed by atoms with Gasteiger partial charge in [-0.25, -0.2) is 0 Å². The fraction of sp³-hybridized carbons (Fsp3) is 0.267. The molecule has 22 heavy (non-hydrogen) atoms. The lowest BCUT2D eigenvalue weighted by atomic mass is 10.2. The third-order valence-electron chi connectivity index (χ3n) is 3.09. The Balaban J connectivity index is 2.11. The average molecular weight is 320 g/mol. The van der Waals surface area contributed by atoms with E-state index in [1.807, 2.05) is 26.0 Å². The topological polar surface area (TPSA) is 92.4 Å². The summed E-state index contributed by atoms with van der Waals surface area (Å²) in [5.41, 5.74) is 2.30. The van der Waals surface area contributed by atoms with Gasteiger partial charge in [0.2, 0.25) is 0 Å². The lowest BCUT2D eigenvalue weighted by Gasteiger charge is -2.08. The summed E-state index contributed by atoms with van der Waals surface area (Å²) in [5.74, 6) is -0.0824. The molecule has 0 spiro atoms. The van der Waals surface area contributed by atoms with Crippen molar-refractivity contribution in [1.82, 2.24) is 10.5 Å². The first-order valence-electron chi connectivity index (χ1n) is 6.62. The van der Waals surface area contributed by atoms with Gasteiger partial charge >= 0.3 is 5.97 Å². The van der Waals surface area contributed by atoms with Gasteiger partial charge in [-0.05, 0) is 26.0 Å². The summed E-state index contributed by atoms with van der Waals surface area (Å²) in [5, 5.41) is 14.9. The zero-order valence-corrected chi connectivity index (χ0v) is 13.1. The number of carboxylic acids is 1. The number of aryl methyl sites for hydroxylation is 2. The summed E-state index contributed by atoms with van der Waals surface area (Å²) in [6.45, 7) is 3.32. The van der Waals surface area contributed by atoms with E-state index in [1.165, 1.54) is 11.8 Å². The summed E-state index contributed by atoms with van der Waals surface area (Å²) >= 11 is 1.49. The second-order valence-electron chi connectivity index (χ2n) is 4.66. The maximum atomic E-state index is 12.0. The fourth-order valence-corrected chi connectivity index (χ4v) is 3.09. The molecular formula is C15H16N2O4S. The van der Waals surface area contributed by atoms with Gasteiger partial charge in [-0.1, -0.05) is 17.3 Å². The molecule has 0 atom stereocenters. The van der Waals surface area contributed by atoms with E-state index in [-0.39, 0.29) is 0 Å². The van der Waals surface area contributed by atoms with Gasteiger partial charge in [0.1, 0.15) is 12.3 Å². The van der Waals surface area contributed by atoms with Crippen LogP contribution in [0.5, 0.6) is 0 Å². The summed E-state index contributed by atoms with van der Waals surface area (Å²) < 4.78 is 5.12. The van der Waals surface area contributed by atoms with E-state index in [4.69, 9.17) is 9.63 Å². The van der Waals surface area contributed by atoms with Gasteiger partial charge in [0.25, 0.3) is 5.91 Å². The zero-order chi connectivity index (χ0) is 16.1. The van der Waals surface area contributed by atoms with Crippen molar-refractivity contribution in [3.8, 4) is 0 Å². The Bertz CT molecular complexity index is 677. The number of nitrogens with one attached hydrogen (secondary N) is 1. The molecule has 1 amide bonds. The van der Waals surface area contributed by atoms with E-state index in [1.54, 1.807) is 12.1 Å². The van der Waals surface area contributed by atoms with Crippen LogP contribution in [0.4, 0.5) is 0 Å². The van der Waals surface area contributed by atoms with Crippen LogP contribution in [0.3, 0.4) is 0 Å². The summed E-state index contributed by atoms with van der Waals surface area (Å²) in [4.78, 5) is 23.4. The molecule has 2 aromatic rings. The quantitative estimate of drug-likeness (QED) is 0.794. The van der Waals surface area contributed by atoms with E-state index < -0.39 is 18.4 Å². The second-order valence-corrected chi connectivity index (χ2v) is 5.68. The van der Waals surface area contributed by atoms with Crippen LogP contribution in [0.2, 0.25) is 0 Å². The molecule has 0 saturated heterocycles. The van der Waals surface area contributed by atoms with Crippen molar-refractivity contribution in [2.45, 2.75) is 24.5 Å². The molecule has 2 rings (SSSR count). The van der Waals surface area contributed by atoms with Crippen molar-refractivity contribution in [2.24, 2.45) is 0 Å². The summed E-state index contributed by atoms with van der Waals surface area (Å²) in [6.07, 6.45) is 0. The van der Waals surface area contributed by atoms with Gasteiger partial charge in [0.15, 0.2) is 0 Å². The van der Waals surface area contributed by atoms with Gasteiger partial charge in [0, 0.05) is 16.2 Å². The minimum absolute atomic E-state index is 0.399. The van der Waals surface area contributed by atoms with Crippen LogP contribution in [0.1, 0.15) is 27.4 Å². The lowest BCUT2D eigenvalue weighted by molar-refractivity contribution is -0.135. The Morgan fingerprint density at radius 3 is 2.68 bits per heavy atom. The van der Waals surface area contributed by atoms with Crippen molar-refractivity contribution >= 4 is 23.6 Å². The number of aliphatic carboxylic acids is 1. The molecule has 0 aliphatic rings. The highest BCUT2D eigenvalue weighted by Crippen LogP contribution is 2.28. The number of carbonyl (C=O) groups excluding carboxylic acids is 1. The molecule has 0 saturated carbocycles.